The summed E-state index contributed by atoms with van der Waals surface area (Å²) in [5.74, 6) is 0.205. The number of primary amides is 1. The third-order valence-electron chi connectivity index (χ3n) is 5.83. The molecule has 0 radical (unpaired) electrons. The average Bonchev–Trinajstić information content (AvgIpc) is 3.12. The molecule has 0 spiro atoms. The number of likely N-dealkylation sites (tertiary alicyclic amines) is 1. The molecule has 6 nitrogen and oxygen atoms in total. The van der Waals surface area contributed by atoms with Crippen LogP contribution in [-0.4, -0.2) is 36.3 Å². The Hall–Kier alpha value is -1.92. The number of carbonyl (C=O) groups excluding carboxylic acids is 2. The molecule has 1 saturated heterocycles. The van der Waals surface area contributed by atoms with Gasteiger partial charge in [0, 0.05) is 24.7 Å². The van der Waals surface area contributed by atoms with Crippen molar-refractivity contribution in [3.05, 3.63) is 29.8 Å². The van der Waals surface area contributed by atoms with Gasteiger partial charge in [0.05, 0.1) is 5.92 Å². The van der Waals surface area contributed by atoms with Gasteiger partial charge in [-0.05, 0) is 62.4 Å². The van der Waals surface area contributed by atoms with E-state index in [0.29, 0.717) is 12.5 Å². The Morgan fingerprint density at radius 1 is 1.12 bits per heavy atom. The fourth-order valence-corrected chi connectivity index (χ4v) is 4.28. The van der Waals surface area contributed by atoms with E-state index in [9.17, 15) is 9.59 Å². The number of piperidine rings is 1. The molecular formula is C20H30N4O2. The van der Waals surface area contributed by atoms with Crippen LogP contribution in [0.3, 0.4) is 0 Å². The van der Waals surface area contributed by atoms with E-state index >= 15 is 0 Å². The minimum absolute atomic E-state index is 0.0378. The Morgan fingerprint density at radius 2 is 1.88 bits per heavy atom. The number of nitrogens with two attached hydrogens (primary N) is 2. The molecule has 26 heavy (non-hydrogen) atoms. The number of carbonyl (C=O) groups is 2. The molecule has 142 valence electrons. The molecule has 3 atom stereocenters. The van der Waals surface area contributed by atoms with Crippen LogP contribution in [0.5, 0.6) is 0 Å². The van der Waals surface area contributed by atoms with E-state index in [2.05, 4.69) is 10.2 Å². The van der Waals surface area contributed by atoms with Crippen molar-refractivity contribution >= 4 is 17.5 Å². The fraction of sp³-hybridized carbons (Fsp3) is 0.600. The summed E-state index contributed by atoms with van der Waals surface area (Å²) < 4.78 is 0. The average molecular weight is 358 g/mol. The fourth-order valence-electron chi connectivity index (χ4n) is 4.28. The molecule has 0 aromatic heterocycles. The predicted octanol–water partition coefficient (Wildman–Crippen LogP) is 1.70. The maximum atomic E-state index is 12.5. The first-order chi connectivity index (χ1) is 12.6. The molecule has 1 aliphatic heterocycles. The third-order valence-corrected chi connectivity index (χ3v) is 5.83. The lowest BCUT2D eigenvalue weighted by molar-refractivity contribution is -0.123. The molecule has 1 heterocycles. The first-order valence-electron chi connectivity index (χ1n) is 9.68. The molecule has 2 aliphatic rings. The quantitative estimate of drug-likeness (QED) is 0.720. The molecule has 6 heteroatoms. The van der Waals surface area contributed by atoms with Gasteiger partial charge in [0.25, 0.3) is 0 Å². The van der Waals surface area contributed by atoms with Crippen LogP contribution in [0.15, 0.2) is 24.3 Å². The van der Waals surface area contributed by atoms with Crippen LogP contribution in [0.2, 0.25) is 0 Å². The molecule has 1 saturated carbocycles. The Morgan fingerprint density at radius 3 is 2.58 bits per heavy atom. The Kier molecular flexibility index (Phi) is 6.27. The molecule has 2 fully saturated rings. The van der Waals surface area contributed by atoms with Gasteiger partial charge < -0.3 is 16.8 Å². The maximum Gasteiger partial charge on any atom is 0.227 e. The molecule has 1 aromatic rings. The highest BCUT2D eigenvalue weighted by Gasteiger charge is 2.31. The lowest BCUT2D eigenvalue weighted by Crippen LogP contribution is -2.40. The number of amides is 2. The lowest BCUT2D eigenvalue weighted by atomic mass is 9.95. The van der Waals surface area contributed by atoms with Gasteiger partial charge in [0.15, 0.2) is 0 Å². The van der Waals surface area contributed by atoms with Gasteiger partial charge in [-0.15, -0.1) is 0 Å². The van der Waals surface area contributed by atoms with Crippen LogP contribution >= 0.6 is 0 Å². The van der Waals surface area contributed by atoms with E-state index in [1.54, 1.807) is 0 Å². The van der Waals surface area contributed by atoms with Crippen molar-refractivity contribution in [2.24, 2.45) is 29.2 Å². The van der Waals surface area contributed by atoms with E-state index in [0.717, 1.165) is 57.4 Å². The van der Waals surface area contributed by atoms with Crippen molar-refractivity contribution in [3.63, 3.8) is 0 Å². The smallest absolute Gasteiger partial charge is 0.227 e. The third kappa shape index (κ3) is 4.62. The predicted molar refractivity (Wildman–Crippen MR) is 102 cm³/mol. The van der Waals surface area contributed by atoms with Gasteiger partial charge in [-0.3, -0.25) is 14.5 Å². The van der Waals surface area contributed by atoms with E-state index in [1.165, 1.54) is 5.56 Å². The number of benzene rings is 1. The maximum absolute atomic E-state index is 12.5. The van der Waals surface area contributed by atoms with E-state index in [-0.39, 0.29) is 23.7 Å². The van der Waals surface area contributed by atoms with Crippen molar-refractivity contribution < 1.29 is 9.59 Å². The summed E-state index contributed by atoms with van der Waals surface area (Å²) in [6, 6.07) is 7.99. The molecule has 5 N–H and O–H groups in total. The van der Waals surface area contributed by atoms with E-state index in [4.69, 9.17) is 11.5 Å². The Bertz CT molecular complexity index is 631. The molecule has 1 aliphatic carbocycles. The Balaban J connectivity index is 1.53. The monoisotopic (exact) mass is 358 g/mol. The zero-order valence-corrected chi connectivity index (χ0v) is 15.3. The van der Waals surface area contributed by atoms with Crippen molar-refractivity contribution in [3.8, 4) is 0 Å². The number of hydrogen-bond donors (Lipinski definition) is 3. The van der Waals surface area contributed by atoms with Crippen molar-refractivity contribution in [2.45, 2.75) is 38.6 Å². The largest absolute Gasteiger partial charge is 0.369 e. The Labute approximate surface area is 155 Å². The molecule has 1 aromatic carbocycles. The molecule has 1 unspecified atom stereocenters. The number of nitrogens with zero attached hydrogens (tertiary/aromatic N) is 1. The van der Waals surface area contributed by atoms with Crippen molar-refractivity contribution in [1.29, 1.82) is 0 Å². The first-order valence-corrected chi connectivity index (χ1v) is 9.68. The van der Waals surface area contributed by atoms with Gasteiger partial charge in [0.2, 0.25) is 11.8 Å². The second-order valence-electron chi connectivity index (χ2n) is 7.70. The molecule has 0 bridgehead atoms. The summed E-state index contributed by atoms with van der Waals surface area (Å²) in [7, 11) is 0. The van der Waals surface area contributed by atoms with Gasteiger partial charge >= 0.3 is 0 Å². The van der Waals surface area contributed by atoms with Crippen LogP contribution in [0, 0.1) is 17.8 Å². The van der Waals surface area contributed by atoms with Gasteiger partial charge in [-0.2, -0.15) is 0 Å². The van der Waals surface area contributed by atoms with Gasteiger partial charge in [0.1, 0.15) is 0 Å². The molecule has 2 amide bonds. The summed E-state index contributed by atoms with van der Waals surface area (Å²) in [6.45, 7) is 3.11. The summed E-state index contributed by atoms with van der Waals surface area (Å²) in [4.78, 5) is 26.1. The van der Waals surface area contributed by atoms with Crippen LogP contribution < -0.4 is 16.8 Å². The summed E-state index contributed by atoms with van der Waals surface area (Å²) in [6.07, 6.45) is 4.96. The SMILES string of the molecule is NC[C@H]1CCC[C@H]1C(=O)Nc1ccc(CN2CCCC(C(N)=O)C2)cc1. The highest BCUT2D eigenvalue weighted by atomic mass is 16.2. The van der Waals surface area contributed by atoms with Gasteiger partial charge in [-0.1, -0.05) is 18.6 Å². The number of rotatable bonds is 6. The number of hydrogen-bond acceptors (Lipinski definition) is 4. The minimum atomic E-state index is -0.199. The second kappa shape index (κ2) is 8.64. The van der Waals surface area contributed by atoms with Crippen molar-refractivity contribution in [1.82, 2.24) is 4.90 Å². The van der Waals surface area contributed by atoms with E-state index < -0.39 is 0 Å². The van der Waals surface area contributed by atoms with Crippen LogP contribution in [0.25, 0.3) is 0 Å². The van der Waals surface area contributed by atoms with Crippen LogP contribution in [0.1, 0.15) is 37.7 Å². The zero-order valence-electron chi connectivity index (χ0n) is 15.3. The minimum Gasteiger partial charge on any atom is -0.369 e. The lowest BCUT2D eigenvalue weighted by Gasteiger charge is -2.31. The molecular weight excluding hydrogens is 328 g/mol. The summed E-state index contributed by atoms with van der Waals surface area (Å²) in [5.41, 5.74) is 13.2. The zero-order chi connectivity index (χ0) is 18.5. The summed E-state index contributed by atoms with van der Waals surface area (Å²) >= 11 is 0. The van der Waals surface area contributed by atoms with Crippen LogP contribution in [0.4, 0.5) is 5.69 Å². The first kappa shape index (κ1) is 18.9. The molecule has 3 rings (SSSR count). The second-order valence-corrected chi connectivity index (χ2v) is 7.70. The van der Waals surface area contributed by atoms with Crippen molar-refractivity contribution in [2.75, 3.05) is 25.0 Å². The van der Waals surface area contributed by atoms with Crippen LogP contribution in [-0.2, 0) is 16.1 Å². The summed E-state index contributed by atoms with van der Waals surface area (Å²) in [5, 5.41) is 3.03. The standard InChI is InChI=1S/C20H30N4O2/c21-11-15-3-1-5-18(15)20(26)23-17-8-6-14(7-9-17)12-24-10-2-4-16(13-24)19(22)25/h6-9,15-16,18H,1-5,10-13,21H2,(H2,22,25)(H,23,26)/t15-,16?,18-/m1/s1. The number of nitrogens with one attached hydrogen (secondary N) is 1. The topological polar surface area (TPSA) is 101 Å². The van der Waals surface area contributed by atoms with E-state index in [1.807, 2.05) is 24.3 Å². The highest BCUT2D eigenvalue weighted by molar-refractivity contribution is 5.92. The van der Waals surface area contributed by atoms with Gasteiger partial charge in [-0.25, -0.2) is 0 Å². The number of anilines is 1. The normalized spacial score (nSPS) is 26.6. The highest BCUT2D eigenvalue weighted by Crippen LogP contribution is 2.32.